The number of carbonyl (C=O) groups excluding carboxylic acids is 1. The van der Waals surface area contributed by atoms with E-state index in [1.165, 1.54) is 29.8 Å². The molecule has 194 valence electrons. The van der Waals surface area contributed by atoms with Crippen LogP contribution in [-0.2, 0) is 24.1 Å². The fourth-order valence-corrected chi connectivity index (χ4v) is 5.56. The first-order valence-corrected chi connectivity index (χ1v) is 13.9. The number of H-pyrrole nitrogens is 1. The van der Waals surface area contributed by atoms with Gasteiger partial charge in [0.2, 0.25) is 5.91 Å². The van der Waals surface area contributed by atoms with Gasteiger partial charge in [-0.3, -0.25) is 9.78 Å². The number of carbonyl (C=O) groups is 1. The lowest BCUT2D eigenvalue weighted by Gasteiger charge is -2.22. The predicted octanol–water partition coefficient (Wildman–Crippen LogP) is 5.91. The van der Waals surface area contributed by atoms with E-state index in [0.717, 1.165) is 77.5 Å². The van der Waals surface area contributed by atoms with Gasteiger partial charge in [0, 0.05) is 52.0 Å². The smallest absolute Gasteiger partial charge is 0.237 e. The fraction of sp³-hybridized carbons (Fsp3) is 0.400. The van der Waals surface area contributed by atoms with Crippen LogP contribution in [0.15, 0.2) is 48.7 Å². The summed E-state index contributed by atoms with van der Waals surface area (Å²) in [6, 6.07) is 13.6. The van der Waals surface area contributed by atoms with E-state index in [9.17, 15) is 4.79 Å². The molecule has 2 heterocycles. The molecule has 5 N–H and O–H groups in total. The molecule has 0 saturated heterocycles. The van der Waals surface area contributed by atoms with Gasteiger partial charge in [0.25, 0.3) is 0 Å². The Hall–Kier alpha value is -3.09. The lowest BCUT2D eigenvalue weighted by Crippen LogP contribution is -2.42. The van der Waals surface area contributed by atoms with Crippen LogP contribution in [0, 0.1) is 0 Å². The molecule has 1 amide bonds. The number of pyridine rings is 1. The molecule has 0 aliphatic heterocycles. The lowest BCUT2D eigenvalue weighted by atomic mass is 9.92. The number of hydrogen-bond donors (Lipinski definition) is 4. The van der Waals surface area contributed by atoms with Crippen molar-refractivity contribution in [1.29, 1.82) is 0 Å². The molecule has 1 atom stereocenters. The molecule has 5 rings (SSSR count). The average molecular weight is 518 g/mol. The lowest BCUT2D eigenvalue weighted by molar-refractivity contribution is -0.122. The van der Waals surface area contributed by atoms with E-state index in [-0.39, 0.29) is 5.91 Å². The highest BCUT2D eigenvalue weighted by Crippen LogP contribution is 2.34. The van der Waals surface area contributed by atoms with Crippen LogP contribution in [0.3, 0.4) is 0 Å². The van der Waals surface area contributed by atoms with E-state index in [1.54, 1.807) is 0 Å². The van der Waals surface area contributed by atoms with Crippen molar-refractivity contribution >= 4 is 45.0 Å². The number of unbranched alkanes of at least 4 members (excludes halogenated alkanes) is 3. The minimum absolute atomic E-state index is 0.0820. The number of nitrogens with zero attached hydrogens (tertiary/aromatic N) is 1. The SMILES string of the molecule is NC(Cc1c[nH]c2ccccc12)C(=O)NCCCCCCNc1c2c(nc3cc(Cl)ccc13)CCCC2. The fourth-order valence-electron chi connectivity index (χ4n) is 5.39. The highest BCUT2D eigenvalue weighted by molar-refractivity contribution is 6.31. The van der Waals surface area contributed by atoms with Crippen molar-refractivity contribution in [3.05, 3.63) is 70.5 Å². The highest BCUT2D eigenvalue weighted by Gasteiger charge is 2.18. The molecule has 1 unspecified atom stereocenters. The van der Waals surface area contributed by atoms with Crippen molar-refractivity contribution in [2.24, 2.45) is 5.73 Å². The number of rotatable bonds is 11. The van der Waals surface area contributed by atoms with Gasteiger partial charge in [-0.1, -0.05) is 42.6 Å². The van der Waals surface area contributed by atoms with Gasteiger partial charge in [-0.25, -0.2) is 0 Å². The minimum Gasteiger partial charge on any atom is -0.384 e. The summed E-state index contributed by atoms with van der Waals surface area (Å²) in [4.78, 5) is 20.6. The summed E-state index contributed by atoms with van der Waals surface area (Å²) < 4.78 is 0. The maximum absolute atomic E-state index is 12.5. The van der Waals surface area contributed by atoms with Gasteiger partial charge in [0.05, 0.1) is 11.6 Å². The number of hydrogen-bond acceptors (Lipinski definition) is 4. The number of halogens is 1. The van der Waals surface area contributed by atoms with E-state index in [1.807, 2.05) is 36.5 Å². The standard InChI is InChI=1S/C30H36ClN5O/c31-21-13-14-24-28(18-21)36-27-12-6-4-10-23(27)29(24)33-15-7-1-2-8-16-34-30(37)25(32)17-20-19-35-26-11-5-3-9-22(20)26/h3,5,9,11,13-14,18-19,25,35H,1-2,4,6-8,10,12,15-17,32H2,(H,33,36)(H,34,37). The Morgan fingerprint density at radius 3 is 2.73 bits per heavy atom. The second-order valence-electron chi connectivity index (χ2n) is 10.1. The van der Waals surface area contributed by atoms with E-state index in [0.29, 0.717) is 13.0 Å². The van der Waals surface area contributed by atoms with Crippen LogP contribution in [0.25, 0.3) is 21.8 Å². The molecule has 6 nitrogen and oxygen atoms in total. The predicted molar refractivity (Wildman–Crippen MR) is 153 cm³/mol. The van der Waals surface area contributed by atoms with Crippen LogP contribution in [0.4, 0.5) is 5.69 Å². The summed E-state index contributed by atoms with van der Waals surface area (Å²) in [5.41, 5.74) is 13.2. The van der Waals surface area contributed by atoms with Crippen LogP contribution in [0.2, 0.25) is 5.02 Å². The largest absolute Gasteiger partial charge is 0.384 e. The third kappa shape index (κ3) is 6.08. The topological polar surface area (TPSA) is 95.8 Å². The van der Waals surface area contributed by atoms with Gasteiger partial charge in [-0.05, 0) is 80.3 Å². The number of aryl methyl sites for hydroxylation is 1. The molecule has 7 heteroatoms. The maximum Gasteiger partial charge on any atom is 0.237 e. The third-order valence-electron chi connectivity index (χ3n) is 7.38. The normalized spacial score (nSPS) is 14.0. The minimum atomic E-state index is -0.542. The number of aromatic nitrogens is 2. The molecular formula is C30H36ClN5O. The molecule has 0 bridgehead atoms. The van der Waals surface area contributed by atoms with Crippen molar-refractivity contribution in [3.8, 4) is 0 Å². The molecular weight excluding hydrogens is 482 g/mol. The molecule has 0 spiro atoms. The Morgan fingerprint density at radius 1 is 1.03 bits per heavy atom. The third-order valence-corrected chi connectivity index (χ3v) is 7.62. The number of para-hydroxylation sites is 1. The number of aromatic amines is 1. The van der Waals surface area contributed by atoms with Crippen molar-refractivity contribution < 1.29 is 4.79 Å². The number of amides is 1. The van der Waals surface area contributed by atoms with E-state index in [2.05, 4.69) is 27.8 Å². The van der Waals surface area contributed by atoms with E-state index < -0.39 is 6.04 Å². The molecule has 2 aromatic carbocycles. The van der Waals surface area contributed by atoms with Crippen LogP contribution in [0.5, 0.6) is 0 Å². The van der Waals surface area contributed by atoms with Crippen molar-refractivity contribution in [2.75, 3.05) is 18.4 Å². The van der Waals surface area contributed by atoms with Gasteiger partial charge in [0.1, 0.15) is 0 Å². The van der Waals surface area contributed by atoms with Gasteiger partial charge in [-0.2, -0.15) is 0 Å². The molecule has 0 saturated carbocycles. The van der Waals surface area contributed by atoms with Gasteiger partial charge in [-0.15, -0.1) is 0 Å². The summed E-state index contributed by atoms with van der Waals surface area (Å²) in [6.07, 6.45) is 11.3. The molecule has 0 fully saturated rings. The Bertz CT molecular complexity index is 1380. The molecule has 37 heavy (non-hydrogen) atoms. The van der Waals surface area contributed by atoms with Crippen molar-refractivity contribution in [3.63, 3.8) is 0 Å². The number of nitrogens with two attached hydrogens (primary N) is 1. The summed E-state index contributed by atoms with van der Waals surface area (Å²) in [5, 5.41) is 9.75. The number of anilines is 1. The van der Waals surface area contributed by atoms with Crippen LogP contribution in [-0.4, -0.2) is 35.0 Å². The zero-order chi connectivity index (χ0) is 25.6. The van der Waals surface area contributed by atoms with E-state index >= 15 is 0 Å². The molecule has 2 aromatic heterocycles. The zero-order valence-electron chi connectivity index (χ0n) is 21.3. The zero-order valence-corrected chi connectivity index (χ0v) is 22.0. The first-order valence-electron chi connectivity index (χ1n) is 13.5. The summed E-state index contributed by atoms with van der Waals surface area (Å²) >= 11 is 6.24. The molecule has 1 aliphatic carbocycles. The quantitative estimate of drug-likeness (QED) is 0.186. The Kier molecular flexibility index (Phi) is 8.27. The Labute approximate surface area is 223 Å². The van der Waals surface area contributed by atoms with Gasteiger partial charge < -0.3 is 21.4 Å². The Morgan fingerprint density at radius 2 is 1.84 bits per heavy atom. The van der Waals surface area contributed by atoms with Crippen molar-refractivity contribution in [1.82, 2.24) is 15.3 Å². The van der Waals surface area contributed by atoms with Crippen LogP contribution >= 0.6 is 11.6 Å². The number of fused-ring (bicyclic) bond motifs is 3. The summed E-state index contributed by atoms with van der Waals surface area (Å²) in [7, 11) is 0. The molecule has 0 radical (unpaired) electrons. The number of nitrogens with one attached hydrogen (secondary N) is 3. The van der Waals surface area contributed by atoms with Crippen LogP contribution < -0.4 is 16.4 Å². The van der Waals surface area contributed by atoms with Gasteiger partial charge >= 0.3 is 0 Å². The number of benzene rings is 2. The summed E-state index contributed by atoms with van der Waals surface area (Å²) in [5.74, 6) is -0.0820. The van der Waals surface area contributed by atoms with E-state index in [4.69, 9.17) is 22.3 Å². The van der Waals surface area contributed by atoms with Crippen molar-refractivity contribution in [2.45, 2.75) is 63.8 Å². The summed E-state index contributed by atoms with van der Waals surface area (Å²) in [6.45, 7) is 1.59. The first-order chi connectivity index (χ1) is 18.1. The second-order valence-corrected chi connectivity index (χ2v) is 10.5. The Balaban J connectivity index is 1.03. The second kappa shape index (κ2) is 12.0. The van der Waals surface area contributed by atoms with Gasteiger partial charge in [0.15, 0.2) is 0 Å². The maximum atomic E-state index is 12.5. The monoisotopic (exact) mass is 517 g/mol. The molecule has 4 aromatic rings. The van der Waals surface area contributed by atoms with Crippen LogP contribution in [0.1, 0.15) is 55.3 Å². The average Bonchev–Trinajstić information content (AvgIpc) is 3.32. The highest BCUT2D eigenvalue weighted by atomic mass is 35.5. The first kappa shape index (κ1) is 25.6. The molecule has 1 aliphatic rings.